The van der Waals surface area contributed by atoms with Gasteiger partial charge >= 0.3 is 0 Å². The Morgan fingerprint density at radius 1 is 1.11 bits per heavy atom. The van der Waals surface area contributed by atoms with Gasteiger partial charge in [0, 0.05) is 6.54 Å². The smallest absolute Gasteiger partial charge is 0.102 e. The van der Waals surface area contributed by atoms with Crippen LogP contribution in [0.25, 0.3) is 0 Å². The van der Waals surface area contributed by atoms with Crippen molar-refractivity contribution in [2.24, 2.45) is 0 Å². The summed E-state index contributed by atoms with van der Waals surface area (Å²) in [4.78, 5) is 2.20. The van der Waals surface area contributed by atoms with Crippen LogP contribution in [0.3, 0.4) is 0 Å². The molecule has 0 aliphatic carbocycles. The van der Waals surface area contributed by atoms with Crippen molar-refractivity contribution in [3.05, 3.63) is 0 Å². The summed E-state index contributed by atoms with van der Waals surface area (Å²) in [5.41, 5.74) is 0. The van der Waals surface area contributed by atoms with E-state index in [0.717, 1.165) is 13.1 Å². The Labute approximate surface area is 55.8 Å². The molecule has 0 N–H and O–H groups in total. The second-order valence-corrected chi connectivity index (χ2v) is 2.59. The fourth-order valence-corrected chi connectivity index (χ4v) is 1.30. The van der Waals surface area contributed by atoms with Gasteiger partial charge in [0.05, 0.1) is 0 Å². The largest absolute Gasteiger partial charge is 0.301 e. The zero-order chi connectivity index (χ0) is 6.53. The van der Waals surface area contributed by atoms with Gasteiger partial charge in [-0.15, -0.1) is 0 Å². The van der Waals surface area contributed by atoms with Gasteiger partial charge in [0.25, 0.3) is 0 Å². The molecule has 1 saturated heterocycles. The number of nitrogens with zero attached hydrogens (tertiary/aromatic N) is 1. The van der Waals surface area contributed by atoms with E-state index in [1.54, 1.807) is 0 Å². The quantitative estimate of drug-likeness (QED) is 0.548. The third kappa shape index (κ3) is 2.31. The second kappa shape index (κ2) is 3.83. The summed E-state index contributed by atoms with van der Waals surface area (Å²) in [5.74, 6) is 0. The van der Waals surface area contributed by atoms with Gasteiger partial charge in [0.2, 0.25) is 0 Å². The Morgan fingerprint density at radius 2 is 1.78 bits per heavy atom. The van der Waals surface area contributed by atoms with Gasteiger partial charge in [-0.25, -0.2) is 4.39 Å². The maximum absolute atomic E-state index is 11.7. The molecule has 0 aromatic heterocycles. The average molecular weight is 131 g/mol. The number of likely N-dealkylation sites (tertiary alicyclic amines) is 1. The molecular formula is C7H14FN. The molecule has 0 aromatic carbocycles. The molecule has 9 heavy (non-hydrogen) atoms. The van der Waals surface area contributed by atoms with Crippen molar-refractivity contribution in [1.29, 1.82) is 0 Å². The van der Waals surface area contributed by atoms with Crippen LogP contribution in [0.1, 0.15) is 19.3 Å². The van der Waals surface area contributed by atoms with Crippen molar-refractivity contribution in [2.45, 2.75) is 19.3 Å². The van der Waals surface area contributed by atoms with Crippen molar-refractivity contribution in [3.63, 3.8) is 0 Å². The SMILES string of the molecule is FCCN1CCCCC1. The van der Waals surface area contributed by atoms with E-state index in [9.17, 15) is 4.39 Å². The van der Waals surface area contributed by atoms with Gasteiger partial charge in [0.1, 0.15) is 6.67 Å². The zero-order valence-electron chi connectivity index (χ0n) is 5.77. The number of rotatable bonds is 2. The number of hydrogen-bond donors (Lipinski definition) is 0. The molecule has 0 unspecified atom stereocenters. The normalized spacial score (nSPS) is 22.3. The summed E-state index contributed by atoms with van der Waals surface area (Å²) in [6, 6.07) is 0. The van der Waals surface area contributed by atoms with Gasteiger partial charge < -0.3 is 4.90 Å². The molecule has 1 aliphatic rings. The van der Waals surface area contributed by atoms with Crippen LogP contribution in [-0.4, -0.2) is 31.2 Å². The third-order valence-electron chi connectivity index (χ3n) is 1.85. The van der Waals surface area contributed by atoms with Crippen LogP contribution < -0.4 is 0 Å². The molecule has 0 spiro atoms. The average Bonchev–Trinajstić information content (AvgIpc) is 1.91. The number of halogens is 1. The highest BCUT2D eigenvalue weighted by Gasteiger charge is 2.07. The minimum atomic E-state index is -0.181. The molecule has 0 amide bonds. The highest BCUT2D eigenvalue weighted by Crippen LogP contribution is 2.07. The van der Waals surface area contributed by atoms with Crippen molar-refractivity contribution in [1.82, 2.24) is 4.90 Å². The summed E-state index contributed by atoms with van der Waals surface area (Å²) < 4.78 is 11.7. The predicted molar refractivity (Wildman–Crippen MR) is 36.3 cm³/mol. The Morgan fingerprint density at radius 3 is 2.33 bits per heavy atom. The maximum Gasteiger partial charge on any atom is 0.102 e. The molecule has 54 valence electrons. The highest BCUT2D eigenvalue weighted by atomic mass is 19.1. The fourth-order valence-electron chi connectivity index (χ4n) is 1.30. The van der Waals surface area contributed by atoms with E-state index in [4.69, 9.17) is 0 Å². The molecule has 0 radical (unpaired) electrons. The molecule has 0 saturated carbocycles. The summed E-state index contributed by atoms with van der Waals surface area (Å²) in [6.45, 7) is 2.70. The Balaban J connectivity index is 2.08. The van der Waals surface area contributed by atoms with Crippen LogP contribution in [0.5, 0.6) is 0 Å². The molecule has 1 fully saturated rings. The third-order valence-corrected chi connectivity index (χ3v) is 1.85. The van der Waals surface area contributed by atoms with Gasteiger partial charge in [-0.1, -0.05) is 6.42 Å². The first kappa shape index (κ1) is 7.00. The van der Waals surface area contributed by atoms with E-state index in [1.807, 2.05) is 0 Å². The molecule has 2 heteroatoms. The molecule has 1 nitrogen and oxygen atoms in total. The number of hydrogen-bond acceptors (Lipinski definition) is 1. The first-order valence-corrected chi connectivity index (χ1v) is 3.72. The molecule has 1 aliphatic heterocycles. The van der Waals surface area contributed by atoms with Crippen LogP contribution in [-0.2, 0) is 0 Å². The second-order valence-electron chi connectivity index (χ2n) is 2.59. The van der Waals surface area contributed by atoms with Crippen molar-refractivity contribution in [3.8, 4) is 0 Å². The van der Waals surface area contributed by atoms with Crippen molar-refractivity contribution >= 4 is 0 Å². The van der Waals surface area contributed by atoms with E-state index in [0.29, 0.717) is 6.54 Å². The van der Waals surface area contributed by atoms with E-state index in [2.05, 4.69) is 4.90 Å². The summed E-state index contributed by atoms with van der Waals surface area (Å²) in [7, 11) is 0. The Bertz CT molecular complexity index is 66.6. The maximum atomic E-state index is 11.7. The minimum absolute atomic E-state index is 0.181. The standard InChI is InChI=1S/C7H14FN/c8-4-7-9-5-2-1-3-6-9/h1-7H2. The lowest BCUT2D eigenvalue weighted by Crippen LogP contribution is -2.31. The van der Waals surface area contributed by atoms with E-state index in [-0.39, 0.29) is 6.67 Å². The molecular weight excluding hydrogens is 117 g/mol. The van der Waals surface area contributed by atoms with Gasteiger partial charge in [-0.2, -0.15) is 0 Å². The lowest BCUT2D eigenvalue weighted by molar-refractivity contribution is 0.211. The predicted octanol–water partition coefficient (Wildman–Crippen LogP) is 1.44. The fraction of sp³-hybridized carbons (Fsp3) is 1.00. The van der Waals surface area contributed by atoms with Crippen LogP contribution in [0, 0.1) is 0 Å². The molecule has 1 rings (SSSR count). The van der Waals surface area contributed by atoms with Gasteiger partial charge in [-0.05, 0) is 25.9 Å². The molecule has 0 aromatic rings. The van der Waals surface area contributed by atoms with E-state index >= 15 is 0 Å². The number of alkyl halides is 1. The monoisotopic (exact) mass is 131 g/mol. The van der Waals surface area contributed by atoms with E-state index in [1.165, 1.54) is 19.3 Å². The van der Waals surface area contributed by atoms with Crippen molar-refractivity contribution in [2.75, 3.05) is 26.3 Å². The van der Waals surface area contributed by atoms with E-state index < -0.39 is 0 Å². The van der Waals surface area contributed by atoms with Crippen molar-refractivity contribution < 1.29 is 4.39 Å². The number of piperidine rings is 1. The molecule has 0 atom stereocenters. The lowest BCUT2D eigenvalue weighted by atomic mass is 10.1. The van der Waals surface area contributed by atoms with Crippen LogP contribution in [0.15, 0.2) is 0 Å². The van der Waals surface area contributed by atoms with Gasteiger partial charge in [0.15, 0.2) is 0 Å². The van der Waals surface area contributed by atoms with Crippen LogP contribution in [0.4, 0.5) is 4.39 Å². The Kier molecular flexibility index (Phi) is 2.98. The molecule has 0 bridgehead atoms. The van der Waals surface area contributed by atoms with Gasteiger partial charge in [-0.3, -0.25) is 0 Å². The first-order valence-electron chi connectivity index (χ1n) is 3.72. The minimum Gasteiger partial charge on any atom is -0.301 e. The van der Waals surface area contributed by atoms with Crippen LogP contribution >= 0.6 is 0 Å². The lowest BCUT2D eigenvalue weighted by Gasteiger charge is -2.24. The zero-order valence-corrected chi connectivity index (χ0v) is 5.77. The topological polar surface area (TPSA) is 3.24 Å². The highest BCUT2D eigenvalue weighted by molar-refractivity contribution is 4.63. The van der Waals surface area contributed by atoms with Crippen LogP contribution in [0.2, 0.25) is 0 Å². The first-order chi connectivity index (χ1) is 4.43. The summed E-state index contributed by atoms with van der Waals surface area (Å²) in [5, 5.41) is 0. The Hall–Kier alpha value is -0.110. The molecule has 1 heterocycles. The summed E-state index contributed by atoms with van der Waals surface area (Å²) >= 11 is 0. The summed E-state index contributed by atoms with van der Waals surface area (Å²) in [6.07, 6.45) is 3.86.